The van der Waals surface area contributed by atoms with E-state index >= 15 is 0 Å². The van der Waals surface area contributed by atoms with Crippen molar-refractivity contribution in [3.05, 3.63) is 84.4 Å². The first-order valence-corrected chi connectivity index (χ1v) is 12.1. The maximum atomic E-state index is 13.0. The molecule has 1 aliphatic rings. The summed E-state index contributed by atoms with van der Waals surface area (Å²) in [6.45, 7) is -0.341. The van der Waals surface area contributed by atoms with E-state index in [1.54, 1.807) is 18.2 Å². The van der Waals surface area contributed by atoms with Crippen LogP contribution < -0.4 is 65.1 Å². The van der Waals surface area contributed by atoms with Crippen molar-refractivity contribution in [3.63, 3.8) is 0 Å². The summed E-state index contributed by atoms with van der Waals surface area (Å²) in [5, 5.41) is 0. The van der Waals surface area contributed by atoms with Gasteiger partial charge in [-0.1, -0.05) is 48.5 Å². The average Bonchev–Trinajstić information content (AvgIpc) is 3.05. The monoisotopic (exact) mass is 498 g/mol. The van der Waals surface area contributed by atoms with Gasteiger partial charge in [-0.3, -0.25) is 4.79 Å². The van der Waals surface area contributed by atoms with E-state index in [-0.39, 0.29) is 80.6 Å². The average molecular weight is 499 g/mol. The molecule has 11 heteroatoms. The molecule has 0 unspecified atom stereocenters. The zero-order valence-electron chi connectivity index (χ0n) is 18.1. The summed E-state index contributed by atoms with van der Waals surface area (Å²) in [7, 11) is -7.95. The SMILES string of the molecule is O=C1CN(c2ccc(S(=O)(=O)c3ccccc3)cc2OCc2ccccc2)S(=O)(=O)N1.[H-].[K+]. The van der Waals surface area contributed by atoms with Gasteiger partial charge in [0.05, 0.1) is 15.5 Å². The minimum Gasteiger partial charge on any atom is -1.00 e. The number of anilines is 1. The van der Waals surface area contributed by atoms with Gasteiger partial charge in [0.25, 0.3) is 5.91 Å². The summed E-state index contributed by atoms with van der Waals surface area (Å²) in [5.74, 6) is -0.657. The standard InChI is InChI=1S/C21H18N2O6S2.K.H/c24-21-14-23(31(27,28)22-21)19-12-11-18(30(25,26)17-9-5-2-6-10-17)13-20(19)29-15-16-7-3-1-4-8-16;;/h1-13H,14-15H2,(H,22,24);;/q;+1;-1. The number of ether oxygens (including phenoxy) is 1. The normalized spacial score (nSPS) is 15.0. The second-order valence-electron chi connectivity index (χ2n) is 6.76. The van der Waals surface area contributed by atoms with Gasteiger partial charge in [-0.2, -0.15) is 8.42 Å². The molecule has 8 nitrogen and oxygen atoms in total. The fourth-order valence-electron chi connectivity index (χ4n) is 3.12. The van der Waals surface area contributed by atoms with Crippen LogP contribution in [0.4, 0.5) is 5.69 Å². The molecule has 0 aliphatic carbocycles. The van der Waals surface area contributed by atoms with Gasteiger partial charge in [0.15, 0.2) is 0 Å². The molecule has 0 aromatic heterocycles. The Morgan fingerprint density at radius 2 is 1.56 bits per heavy atom. The first kappa shape index (κ1) is 24.9. The van der Waals surface area contributed by atoms with Crippen LogP contribution in [0.5, 0.6) is 5.75 Å². The molecule has 4 rings (SSSR count). The fourth-order valence-corrected chi connectivity index (χ4v) is 5.57. The van der Waals surface area contributed by atoms with Crippen LogP contribution in [0.3, 0.4) is 0 Å². The summed E-state index contributed by atoms with van der Waals surface area (Å²) < 4.78 is 59.3. The van der Waals surface area contributed by atoms with Crippen LogP contribution >= 0.6 is 0 Å². The molecule has 32 heavy (non-hydrogen) atoms. The largest absolute Gasteiger partial charge is 1.00 e. The second kappa shape index (κ2) is 10.0. The summed E-state index contributed by atoms with van der Waals surface area (Å²) in [5.41, 5.74) is 0.879. The number of nitrogens with zero attached hydrogens (tertiary/aromatic N) is 1. The Hall–Kier alpha value is -1.73. The van der Waals surface area contributed by atoms with Crippen LogP contribution in [-0.2, 0) is 31.4 Å². The van der Waals surface area contributed by atoms with Crippen LogP contribution in [-0.4, -0.2) is 29.3 Å². The van der Waals surface area contributed by atoms with Gasteiger partial charge >= 0.3 is 61.6 Å². The predicted molar refractivity (Wildman–Crippen MR) is 115 cm³/mol. The second-order valence-corrected chi connectivity index (χ2v) is 10.3. The van der Waals surface area contributed by atoms with Crippen LogP contribution in [0.25, 0.3) is 0 Å². The van der Waals surface area contributed by atoms with E-state index in [9.17, 15) is 21.6 Å². The molecule has 162 valence electrons. The van der Waals surface area contributed by atoms with Crippen LogP contribution in [0.2, 0.25) is 0 Å². The van der Waals surface area contributed by atoms with Crippen molar-refractivity contribution in [2.75, 3.05) is 10.8 Å². The van der Waals surface area contributed by atoms with Crippen molar-refractivity contribution in [3.8, 4) is 5.75 Å². The Bertz CT molecular complexity index is 1340. The van der Waals surface area contributed by atoms with Gasteiger partial charge in [0.1, 0.15) is 18.9 Å². The third-order valence-corrected chi connectivity index (χ3v) is 7.78. The summed E-state index contributed by atoms with van der Waals surface area (Å²) in [6, 6.07) is 20.9. The molecule has 0 radical (unpaired) electrons. The molecule has 0 saturated carbocycles. The van der Waals surface area contributed by atoms with E-state index < -0.39 is 32.5 Å². The van der Waals surface area contributed by atoms with Crippen LogP contribution in [0.15, 0.2) is 88.7 Å². The summed E-state index contributed by atoms with van der Waals surface area (Å²) in [6.07, 6.45) is 0. The van der Waals surface area contributed by atoms with Crippen LogP contribution in [0.1, 0.15) is 6.99 Å². The maximum absolute atomic E-state index is 13.0. The predicted octanol–water partition coefficient (Wildman–Crippen LogP) is -0.604. The number of carbonyl (C=O) groups is 1. The third kappa shape index (κ3) is 5.25. The molecular weight excluding hydrogens is 479 g/mol. The molecule has 1 N–H and O–H groups in total. The van der Waals surface area contributed by atoms with Gasteiger partial charge in [-0.05, 0) is 29.8 Å². The molecule has 3 aromatic carbocycles. The van der Waals surface area contributed by atoms with Crippen molar-refractivity contribution in [1.29, 1.82) is 0 Å². The van der Waals surface area contributed by atoms with E-state index in [1.807, 2.05) is 35.1 Å². The van der Waals surface area contributed by atoms with Crippen molar-refractivity contribution in [2.45, 2.75) is 16.4 Å². The van der Waals surface area contributed by atoms with Crippen molar-refractivity contribution < 1.29 is 79.2 Å². The minimum absolute atomic E-state index is 0. The van der Waals surface area contributed by atoms with Crippen molar-refractivity contribution in [2.24, 2.45) is 0 Å². The summed E-state index contributed by atoms with van der Waals surface area (Å²) in [4.78, 5) is 11.7. The van der Waals surface area contributed by atoms with E-state index in [4.69, 9.17) is 4.74 Å². The first-order valence-electron chi connectivity index (χ1n) is 9.21. The Morgan fingerprint density at radius 1 is 0.938 bits per heavy atom. The first-order chi connectivity index (χ1) is 14.8. The van der Waals surface area contributed by atoms with Crippen molar-refractivity contribution in [1.82, 2.24) is 4.72 Å². The van der Waals surface area contributed by atoms with Gasteiger partial charge in [0, 0.05) is 6.07 Å². The number of sulfone groups is 1. The van der Waals surface area contributed by atoms with Gasteiger partial charge < -0.3 is 6.16 Å². The van der Waals surface area contributed by atoms with E-state index in [0.717, 1.165) is 9.87 Å². The summed E-state index contributed by atoms with van der Waals surface area (Å²) >= 11 is 0. The fraction of sp³-hybridized carbons (Fsp3) is 0.0952. The number of amides is 1. The minimum atomic E-state index is -4.09. The molecule has 3 aromatic rings. The van der Waals surface area contributed by atoms with Crippen molar-refractivity contribution >= 4 is 31.6 Å². The molecule has 0 bridgehead atoms. The number of nitrogens with one attached hydrogen (secondary N) is 1. The quantitative estimate of drug-likeness (QED) is 0.455. The molecule has 1 heterocycles. The molecule has 1 saturated heterocycles. The molecular formula is C21H19KN2O6S2. The Balaban J connectivity index is 0.00000193. The maximum Gasteiger partial charge on any atom is 1.00 e. The molecule has 0 spiro atoms. The van der Waals surface area contributed by atoms with Gasteiger partial charge in [-0.25, -0.2) is 17.4 Å². The number of hydrogen-bond donors (Lipinski definition) is 1. The van der Waals surface area contributed by atoms with Crippen LogP contribution in [0, 0.1) is 0 Å². The molecule has 1 amide bonds. The van der Waals surface area contributed by atoms with E-state index in [0.29, 0.717) is 0 Å². The Morgan fingerprint density at radius 3 is 2.16 bits per heavy atom. The molecule has 1 aliphatic heterocycles. The number of hydrogen-bond acceptors (Lipinski definition) is 6. The van der Waals surface area contributed by atoms with Gasteiger partial charge in [0.2, 0.25) is 9.84 Å². The third-order valence-electron chi connectivity index (χ3n) is 4.62. The Labute approximate surface area is 230 Å². The van der Waals surface area contributed by atoms with Gasteiger partial charge in [-0.15, -0.1) is 0 Å². The number of carbonyl (C=O) groups excluding carboxylic acids is 1. The number of rotatable bonds is 6. The Kier molecular flexibility index (Phi) is 7.81. The topological polar surface area (TPSA) is 110 Å². The van der Waals surface area contributed by atoms with E-state index in [2.05, 4.69) is 0 Å². The van der Waals surface area contributed by atoms with E-state index in [1.165, 1.54) is 30.3 Å². The zero-order chi connectivity index (χ0) is 22.1. The molecule has 1 fully saturated rings. The number of benzene rings is 3. The zero-order valence-corrected chi connectivity index (χ0v) is 21.9. The smallest absolute Gasteiger partial charge is 1.00 e. The molecule has 0 atom stereocenters.